The van der Waals surface area contributed by atoms with Gasteiger partial charge in [-0.25, -0.2) is 9.59 Å². The van der Waals surface area contributed by atoms with Crippen molar-refractivity contribution in [1.82, 2.24) is 10.2 Å². The Morgan fingerprint density at radius 3 is 2.60 bits per heavy atom. The minimum atomic E-state index is -1.09. The number of nitrogens with zero attached hydrogens (tertiary/aromatic N) is 2. The summed E-state index contributed by atoms with van der Waals surface area (Å²) >= 11 is 0. The Morgan fingerprint density at radius 2 is 2.05 bits per heavy atom. The van der Waals surface area contributed by atoms with Crippen LogP contribution in [0.25, 0.3) is 0 Å². The van der Waals surface area contributed by atoms with Crippen molar-refractivity contribution in [3.8, 4) is 6.07 Å². The minimum Gasteiger partial charge on any atom is -0.480 e. The molecule has 0 bridgehead atoms. The molecule has 2 amide bonds. The molecule has 1 rings (SSSR count). The summed E-state index contributed by atoms with van der Waals surface area (Å²) in [7, 11) is 1.52. The lowest BCUT2D eigenvalue weighted by atomic mass is 10.1. The first-order valence-electron chi connectivity index (χ1n) is 6.20. The van der Waals surface area contributed by atoms with Crippen molar-refractivity contribution in [2.24, 2.45) is 0 Å². The maximum absolute atomic E-state index is 11.8. The molecule has 0 aliphatic rings. The molecule has 6 nitrogen and oxygen atoms in total. The van der Waals surface area contributed by atoms with E-state index in [1.165, 1.54) is 11.9 Å². The number of urea groups is 1. The van der Waals surface area contributed by atoms with Gasteiger partial charge in [-0.05, 0) is 5.56 Å². The van der Waals surface area contributed by atoms with Crippen molar-refractivity contribution in [3.05, 3.63) is 35.9 Å². The standard InChI is InChI=1S/C14H17N3O3/c1-17(9-5-8-15)14(20)16-12(13(18)19)10-11-6-3-2-4-7-11/h2-4,6-7,12H,5,9-10H2,1H3,(H,16,20)(H,18,19)/t12-/m0/s1. The van der Waals surface area contributed by atoms with Crippen LogP contribution in [0, 0.1) is 11.3 Å². The number of benzene rings is 1. The first-order valence-corrected chi connectivity index (χ1v) is 6.20. The van der Waals surface area contributed by atoms with Gasteiger partial charge in [0.15, 0.2) is 0 Å². The Bertz CT molecular complexity index is 496. The highest BCUT2D eigenvalue weighted by molar-refractivity contribution is 5.82. The molecule has 0 aliphatic heterocycles. The average Bonchev–Trinajstić information content (AvgIpc) is 2.44. The predicted octanol–water partition coefficient (Wildman–Crippen LogP) is 1.24. The summed E-state index contributed by atoms with van der Waals surface area (Å²) in [4.78, 5) is 24.3. The van der Waals surface area contributed by atoms with Crippen LogP contribution in [0.2, 0.25) is 0 Å². The van der Waals surface area contributed by atoms with Gasteiger partial charge in [0, 0.05) is 20.0 Å². The van der Waals surface area contributed by atoms with Crippen LogP contribution in [0.5, 0.6) is 0 Å². The van der Waals surface area contributed by atoms with Gasteiger partial charge in [0.2, 0.25) is 0 Å². The molecule has 6 heteroatoms. The summed E-state index contributed by atoms with van der Waals surface area (Å²) in [6.45, 7) is 0.264. The van der Waals surface area contributed by atoms with Crippen LogP contribution in [0.15, 0.2) is 30.3 Å². The first-order chi connectivity index (χ1) is 9.54. The van der Waals surface area contributed by atoms with Crippen molar-refractivity contribution in [1.29, 1.82) is 5.26 Å². The van der Waals surface area contributed by atoms with Gasteiger partial charge in [-0.1, -0.05) is 30.3 Å². The van der Waals surface area contributed by atoms with Crippen molar-refractivity contribution in [3.63, 3.8) is 0 Å². The normalized spacial score (nSPS) is 11.2. The van der Waals surface area contributed by atoms with Gasteiger partial charge in [0.1, 0.15) is 6.04 Å². The Balaban J connectivity index is 2.62. The van der Waals surface area contributed by atoms with E-state index in [1.807, 2.05) is 36.4 Å². The number of carbonyl (C=O) groups excluding carboxylic acids is 1. The summed E-state index contributed by atoms with van der Waals surface area (Å²) in [5.41, 5.74) is 0.833. The van der Waals surface area contributed by atoms with Gasteiger partial charge in [-0.3, -0.25) is 0 Å². The Kier molecular flexibility index (Phi) is 6.04. The van der Waals surface area contributed by atoms with Crippen LogP contribution in [0.1, 0.15) is 12.0 Å². The molecule has 0 saturated carbocycles. The second-order valence-electron chi connectivity index (χ2n) is 4.36. The molecule has 20 heavy (non-hydrogen) atoms. The molecule has 2 N–H and O–H groups in total. The van der Waals surface area contributed by atoms with Crippen LogP contribution in [-0.2, 0) is 11.2 Å². The lowest BCUT2D eigenvalue weighted by Gasteiger charge is -2.20. The largest absolute Gasteiger partial charge is 0.480 e. The fourth-order valence-electron chi connectivity index (χ4n) is 1.63. The van der Waals surface area contributed by atoms with Crippen molar-refractivity contribution in [2.45, 2.75) is 18.9 Å². The van der Waals surface area contributed by atoms with Crippen LogP contribution >= 0.6 is 0 Å². The van der Waals surface area contributed by atoms with Gasteiger partial charge in [0.05, 0.1) is 12.5 Å². The van der Waals surface area contributed by atoms with Crippen LogP contribution in [0.4, 0.5) is 4.79 Å². The third-order valence-corrected chi connectivity index (χ3v) is 2.78. The van der Waals surface area contributed by atoms with Gasteiger partial charge in [0.25, 0.3) is 0 Å². The Morgan fingerprint density at radius 1 is 1.40 bits per heavy atom. The van der Waals surface area contributed by atoms with E-state index in [1.54, 1.807) is 0 Å². The van der Waals surface area contributed by atoms with Crippen molar-refractivity contribution in [2.75, 3.05) is 13.6 Å². The lowest BCUT2D eigenvalue weighted by molar-refractivity contribution is -0.139. The van der Waals surface area contributed by atoms with Crippen LogP contribution in [0.3, 0.4) is 0 Å². The summed E-state index contributed by atoms with van der Waals surface area (Å²) in [6, 6.07) is 9.53. The SMILES string of the molecule is CN(CCC#N)C(=O)N[C@@H](Cc1ccccc1)C(=O)O. The molecule has 106 valence electrons. The Hall–Kier alpha value is -2.55. The molecule has 0 fully saturated rings. The molecule has 0 heterocycles. The second kappa shape index (κ2) is 7.79. The van der Waals surface area contributed by atoms with Gasteiger partial charge in [-0.15, -0.1) is 0 Å². The number of hydrogen-bond acceptors (Lipinski definition) is 3. The van der Waals surface area contributed by atoms with Crippen molar-refractivity contribution >= 4 is 12.0 Å². The highest BCUT2D eigenvalue weighted by Gasteiger charge is 2.21. The monoisotopic (exact) mass is 275 g/mol. The van der Waals surface area contributed by atoms with E-state index in [-0.39, 0.29) is 19.4 Å². The van der Waals surface area contributed by atoms with E-state index in [2.05, 4.69) is 5.32 Å². The molecular formula is C14H17N3O3. The summed E-state index contributed by atoms with van der Waals surface area (Å²) in [6.07, 6.45) is 0.425. The van der Waals surface area contributed by atoms with Crippen LogP contribution < -0.4 is 5.32 Å². The predicted molar refractivity (Wildman–Crippen MR) is 73.0 cm³/mol. The molecule has 1 atom stereocenters. The number of amides is 2. The maximum Gasteiger partial charge on any atom is 0.326 e. The van der Waals surface area contributed by atoms with E-state index >= 15 is 0 Å². The molecule has 0 saturated heterocycles. The number of carbonyl (C=O) groups is 2. The maximum atomic E-state index is 11.8. The van der Waals surface area contributed by atoms with E-state index in [0.29, 0.717) is 0 Å². The quantitative estimate of drug-likeness (QED) is 0.816. The van der Waals surface area contributed by atoms with E-state index in [9.17, 15) is 9.59 Å². The fraction of sp³-hybridized carbons (Fsp3) is 0.357. The summed E-state index contributed by atoms with van der Waals surface area (Å²) < 4.78 is 0. The molecule has 0 unspecified atom stereocenters. The van der Waals surface area contributed by atoms with E-state index < -0.39 is 18.0 Å². The zero-order chi connectivity index (χ0) is 15.0. The smallest absolute Gasteiger partial charge is 0.326 e. The van der Waals surface area contributed by atoms with Crippen LogP contribution in [-0.4, -0.2) is 41.6 Å². The highest BCUT2D eigenvalue weighted by atomic mass is 16.4. The van der Waals surface area contributed by atoms with E-state index in [0.717, 1.165) is 5.56 Å². The van der Waals surface area contributed by atoms with Gasteiger partial charge >= 0.3 is 12.0 Å². The number of carboxylic acids is 1. The summed E-state index contributed by atoms with van der Waals surface area (Å²) in [5, 5.41) is 20.1. The topological polar surface area (TPSA) is 93.4 Å². The minimum absolute atomic E-state index is 0.209. The number of carboxylic acid groups (broad SMARTS) is 1. The van der Waals surface area contributed by atoms with Gasteiger partial charge in [-0.2, -0.15) is 5.26 Å². The third kappa shape index (κ3) is 4.98. The molecule has 1 aromatic carbocycles. The third-order valence-electron chi connectivity index (χ3n) is 2.78. The zero-order valence-electron chi connectivity index (χ0n) is 11.2. The molecule has 0 spiro atoms. The summed E-state index contributed by atoms with van der Waals surface area (Å²) in [5.74, 6) is -1.09. The molecule has 0 aliphatic carbocycles. The average molecular weight is 275 g/mol. The number of rotatable bonds is 6. The number of nitrogens with one attached hydrogen (secondary N) is 1. The number of aliphatic carboxylic acids is 1. The van der Waals surface area contributed by atoms with Gasteiger partial charge < -0.3 is 15.3 Å². The fourth-order valence-corrected chi connectivity index (χ4v) is 1.63. The van der Waals surface area contributed by atoms with E-state index in [4.69, 9.17) is 10.4 Å². The molecule has 0 aromatic heterocycles. The highest BCUT2D eigenvalue weighted by Crippen LogP contribution is 2.04. The Labute approximate surface area is 117 Å². The number of nitriles is 1. The first kappa shape index (κ1) is 15.5. The van der Waals surface area contributed by atoms with Crippen molar-refractivity contribution < 1.29 is 14.7 Å². The lowest BCUT2D eigenvalue weighted by Crippen LogP contribution is -2.47. The molecule has 1 aromatic rings. The molecular weight excluding hydrogens is 258 g/mol. The number of hydrogen-bond donors (Lipinski definition) is 2. The molecule has 0 radical (unpaired) electrons. The zero-order valence-corrected chi connectivity index (χ0v) is 11.2. The second-order valence-corrected chi connectivity index (χ2v) is 4.36.